The lowest BCUT2D eigenvalue weighted by atomic mass is 10.2. The number of hydrogen-bond donors (Lipinski definition) is 0. The molecule has 0 radical (unpaired) electrons. The van der Waals surface area contributed by atoms with Gasteiger partial charge in [-0.3, -0.25) is 4.79 Å². The van der Waals surface area contributed by atoms with Crippen molar-refractivity contribution in [1.29, 1.82) is 0 Å². The number of benzene rings is 1. The van der Waals surface area contributed by atoms with Gasteiger partial charge < -0.3 is 9.80 Å². The van der Waals surface area contributed by atoms with E-state index in [1.165, 1.54) is 12.1 Å². The van der Waals surface area contributed by atoms with Crippen molar-refractivity contribution in [2.24, 2.45) is 0 Å². The fourth-order valence-electron chi connectivity index (χ4n) is 2.51. The van der Waals surface area contributed by atoms with Crippen molar-refractivity contribution < 1.29 is 9.18 Å². The summed E-state index contributed by atoms with van der Waals surface area (Å²) in [5.41, 5.74) is 0.998. The van der Waals surface area contributed by atoms with Crippen molar-refractivity contribution in [3.05, 3.63) is 57.0 Å². The maximum Gasteiger partial charge on any atom is 0.246 e. The second-order valence-corrected chi connectivity index (χ2v) is 7.76. The molecule has 0 N–H and O–H groups in total. The van der Waals surface area contributed by atoms with E-state index in [0.717, 1.165) is 27.4 Å². The average Bonchev–Trinajstić information content (AvgIpc) is 2.99. The second kappa shape index (κ2) is 7.27. The number of hydrogen-bond acceptors (Lipinski definition) is 3. The number of anilines is 1. The average molecular weight is 395 g/mol. The summed E-state index contributed by atoms with van der Waals surface area (Å²) in [5, 5.41) is 0. The van der Waals surface area contributed by atoms with Crippen LogP contribution < -0.4 is 4.90 Å². The minimum atomic E-state index is -0.229. The van der Waals surface area contributed by atoms with Crippen molar-refractivity contribution in [1.82, 2.24) is 4.90 Å². The largest absolute Gasteiger partial charge is 0.368 e. The fourth-order valence-corrected chi connectivity index (χ4v) is 3.84. The molecule has 1 aliphatic heterocycles. The molecule has 3 nitrogen and oxygen atoms in total. The van der Waals surface area contributed by atoms with Gasteiger partial charge in [-0.1, -0.05) is 0 Å². The predicted octanol–water partition coefficient (Wildman–Crippen LogP) is 4.01. The van der Waals surface area contributed by atoms with E-state index in [0.29, 0.717) is 13.1 Å². The molecule has 0 bridgehead atoms. The zero-order valence-corrected chi connectivity index (χ0v) is 14.8. The van der Waals surface area contributed by atoms with Crippen molar-refractivity contribution in [2.75, 3.05) is 31.1 Å². The van der Waals surface area contributed by atoms with Crippen LogP contribution in [-0.4, -0.2) is 37.0 Å². The molecule has 2 heterocycles. The highest BCUT2D eigenvalue weighted by molar-refractivity contribution is 9.11. The molecule has 2 aromatic rings. The molecule has 0 saturated carbocycles. The van der Waals surface area contributed by atoms with E-state index < -0.39 is 0 Å². The smallest absolute Gasteiger partial charge is 0.246 e. The van der Waals surface area contributed by atoms with Crippen molar-refractivity contribution >= 4 is 44.9 Å². The van der Waals surface area contributed by atoms with Crippen molar-refractivity contribution in [2.45, 2.75) is 0 Å². The number of nitrogens with zero attached hydrogens (tertiary/aromatic N) is 2. The number of carbonyl (C=O) groups excluding carboxylic acids is 1. The summed E-state index contributed by atoms with van der Waals surface area (Å²) in [6.45, 7) is 2.87. The lowest BCUT2D eigenvalue weighted by Crippen LogP contribution is -2.48. The Hall–Kier alpha value is -1.66. The molecule has 1 amide bonds. The Morgan fingerprint density at radius 1 is 1.09 bits per heavy atom. The minimum Gasteiger partial charge on any atom is -0.368 e. The second-order valence-electron chi connectivity index (χ2n) is 5.26. The van der Waals surface area contributed by atoms with Gasteiger partial charge in [0.15, 0.2) is 0 Å². The number of rotatable bonds is 3. The summed E-state index contributed by atoms with van der Waals surface area (Å²) in [7, 11) is 0. The predicted molar refractivity (Wildman–Crippen MR) is 96.2 cm³/mol. The molecule has 0 atom stereocenters. The van der Waals surface area contributed by atoms with Gasteiger partial charge in [-0.05, 0) is 58.4 Å². The van der Waals surface area contributed by atoms with Gasteiger partial charge in [0, 0.05) is 42.8 Å². The first-order chi connectivity index (χ1) is 11.1. The van der Waals surface area contributed by atoms with Gasteiger partial charge in [0.05, 0.1) is 3.79 Å². The molecular formula is C17H16BrFN2OS. The molecular weight excluding hydrogens is 379 g/mol. The highest BCUT2D eigenvalue weighted by Gasteiger charge is 2.19. The SMILES string of the molecule is O=C(/C=C/c1ccc(Br)s1)N1CCN(c2ccc(F)cc2)CC1. The molecule has 0 spiro atoms. The van der Waals surface area contributed by atoms with E-state index in [-0.39, 0.29) is 11.7 Å². The quantitative estimate of drug-likeness (QED) is 0.734. The zero-order valence-electron chi connectivity index (χ0n) is 12.4. The molecule has 6 heteroatoms. The molecule has 23 heavy (non-hydrogen) atoms. The van der Waals surface area contributed by atoms with Crippen molar-refractivity contribution in [3.63, 3.8) is 0 Å². The van der Waals surface area contributed by atoms with Gasteiger partial charge in [0.25, 0.3) is 0 Å². The maximum atomic E-state index is 13.0. The number of piperazine rings is 1. The summed E-state index contributed by atoms with van der Waals surface area (Å²) in [5.74, 6) is -0.193. The van der Waals surface area contributed by atoms with Crippen LogP contribution in [0.15, 0.2) is 46.3 Å². The third kappa shape index (κ3) is 4.20. The fraction of sp³-hybridized carbons (Fsp3) is 0.235. The van der Waals surface area contributed by atoms with E-state index in [1.807, 2.05) is 23.1 Å². The third-order valence-electron chi connectivity index (χ3n) is 3.77. The van der Waals surface area contributed by atoms with Gasteiger partial charge >= 0.3 is 0 Å². The Bertz CT molecular complexity index is 706. The van der Waals surface area contributed by atoms with Crippen LogP contribution >= 0.6 is 27.3 Å². The molecule has 1 fully saturated rings. The lowest BCUT2D eigenvalue weighted by Gasteiger charge is -2.35. The summed E-state index contributed by atoms with van der Waals surface area (Å²) in [6, 6.07) is 10.4. The minimum absolute atomic E-state index is 0.0354. The maximum absolute atomic E-state index is 13.0. The van der Waals surface area contributed by atoms with E-state index in [1.54, 1.807) is 29.5 Å². The first-order valence-electron chi connectivity index (χ1n) is 7.35. The van der Waals surface area contributed by atoms with Crippen LogP contribution in [0.25, 0.3) is 6.08 Å². The third-order valence-corrected chi connectivity index (χ3v) is 5.36. The molecule has 1 aromatic heterocycles. The van der Waals surface area contributed by atoms with Crippen molar-refractivity contribution in [3.8, 4) is 0 Å². The molecule has 0 unspecified atom stereocenters. The summed E-state index contributed by atoms with van der Waals surface area (Å²) < 4.78 is 14.0. The van der Waals surface area contributed by atoms with E-state index in [2.05, 4.69) is 20.8 Å². The molecule has 0 aliphatic carbocycles. The van der Waals surface area contributed by atoms with Gasteiger partial charge in [-0.15, -0.1) is 11.3 Å². The Labute approximate surface area is 147 Å². The van der Waals surface area contributed by atoms with Crippen LogP contribution in [0, 0.1) is 5.82 Å². The van der Waals surface area contributed by atoms with E-state index >= 15 is 0 Å². The van der Waals surface area contributed by atoms with Gasteiger partial charge in [0.1, 0.15) is 5.82 Å². The number of carbonyl (C=O) groups is 1. The monoisotopic (exact) mass is 394 g/mol. The van der Waals surface area contributed by atoms with Crippen LogP contribution in [0.2, 0.25) is 0 Å². The van der Waals surface area contributed by atoms with Gasteiger partial charge in [-0.2, -0.15) is 0 Å². The molecule has 120 valence electrons. The standard InChI is InChI=1S/C17H16BrFN2OS/c18-16-7-5-15(23-16)6-8-17(22)21-11-9-20(10-12-21)14-3-1-13(19)2-4-14/h1-8H,9-12H2/b8-6+. The Balaban J connectivity index is 1.55. The molecule has 3 rings (SSSR count). The van der Waals surface area contributed by atoms with Crippen LogP contribution in [0.3, 0.4) is 0 Å². The highest BCUT2D eigenvalue weighted by atomic mass is 79.9. The highest BCUT2D eigenvalue weighted by Crippen LogP contribution is 2.23. The van der Waals surface area contributed by atoms with Crippen LogP contribution in [0.5, 0.6) is 0 Å². The first kappa shape index (κ1) is 16.2. The zero-order chi connectivity index (χ0) is 16.2. The normalized spacial score (nSPS) is 15.4. The van der Waals surface area contributed by atoms with Gasteiger partial charge in [0.2, 0.25) is 5.91 Å². The summed E-state index contributed by atoms with van der Waals surface area (Å²) in [4.78, 5) is 17.3. The van der Waals surface area contributed by atoms with Crippen LogP contribution in [0.4, 0.5) is 10.1 Å². The number of thiophene rings is 1. The Morgan fingerprint density at radius 3 is 2.39 bits per heavy atom. The number of halogens is 2. The number of amides is 1. The molecule has 1 aliphatic rings. The van der Waals surface area contributed by atoms with Gasteiger partial charge in [-0.25, -0.2) is 4.39 Å². The lowest BCUT2D eigenvalue weighted by molar-refractivity contribution is -0.126. The topological polar surface area (TPSA) is 23.6 Å². The Morgan fingerprint density at radius 2 is 1.78 bits per heavy atom. The van der Waals surface area contributed by atoms with E-state index in [4.69, 9.17) is 0 Å². The molecule has 1 aromatic carbocycles. The Kier molecular flexibility index (Phi) is 5.13. The first-order valence-corrected chi connectivity index (χ1v) is 8.95. The van der Waals surface area contributed by atoms with Crippen LogP contribution in [0.1, 0.15) is 4.88 Å². The van der Waals surface area contributed by atoms with Crippen LogP contribution in [-0.2, 0) is 4.79 Å². The summed E-state index contributed by atoms with van der Waals surface area (Å²) in [6.07, 6.45) is 3.48. The molecule has 1 saturated heterocycles. The summed E-state index contributed by atoms with van der Waals surface area (Å²) >= 11 is 5.00. The van der Waals surface area contributed by atoms with E-state index in [9.17, 15) is 9.18 Å².